The van der Waals surface area contributed by atoms with Gasteiger partial charge >= 0.3 is 0 Å². The van der Waals surface area contributed by atoms with Gasteiger partial charge in [0, 0.05) is 69.2 Å². The van der Waals surface area contributed by atoms with Crippen LogP contribution in [0.4, 0.5) is 0 Å². The third-order valence-corrected chi connectivity index (χ3v) is 12.9. The van der Waals surface area contributed by atoms with Gasteiger partial charge in [0.2, 0.25) is 29.5 Å². The SMILES string of the molecule is CC(C)OCCC(=O)C(CN)NC(=O)COC(C)C.CC(C)OCCC(=O)C1CCCN1C(=O)COC(C)C.CC(C)OCCC(=O)CNC(=O)COC(C)C.CC(C)OCCC(=O)c1ccc(C(=O)CCOC(C)C)cc1.CC(C)OCNC(=O)CCC(=O)CNC(=O)COC(C)C. The van der Waals surface area contributed by atoms with Crippen LogP contribution in [-0.2, 0) is 90.5 Å². The zero-order valence-corrected chi connectivity index (χ0v) is 63.6. The molecule has 572 valence electrons. The average molecular weight is 1410 g/mol. The molecular weight excluding hydrogens is 1280 g/mol. The van der Waals surface area contributed by atoms with Crippen LogP contribution in [0.2, 0.25) is 0 Å². The quantitative estimate of drug-likeness (QED) is 0.0324. The van der Waals surface area contributed by atoms with Gasteiger partial charge < -0.3 is 79.3 Å². The fraction of sp³-hybridized carbons (Fsp3) is 0.764. The van der Waals surface area contributed by atoms with Gasteiger partial charge in [0.1, 0.15) is 33.2 Å². The van der Waals surface area contributed by atoms with E-state index in [1.165, 1.54) is 0 Å². The summed E-state index contributed by atoms with van der Waals surface area (Å²) in [5.41, 5.74) is 6.72. The molecule has 2 atom stereocenters. The molecule has 2 unspecified atom stereocenters. The molecule has 6 N–H and O–H groups in total. The van der Waals surface area contributed by atoms with E-state index in [0.29, 0.717) is 76.4 Å². The van der Waals surface area contributed by atoms with E-state index in [-0.39, 0.29) is 203 Å². The van der Waals surface area contributed by atoms with Crippen molar-refractivity contribution in [2.24, 2.45) is 5.73 Å². The van der Waals surface area contributed by atoms with Crippen LogP contribution in [0.3, 0.4) is 0 Å². The van der Waals surface area contributed by atoms with Crippen LogP contribution >= 0.6 is 0 Å². The number of nitrogens with zero attached hydrogens (tertiary/aromatic N) is 1. The number of amides is 5. The lowest BCUT2D eigenvalue weighted by molar-refractivity contribution is -0.142. The largest absolute Gasteiger partial charge is 0.378 e. The molecule has 27 nitrogen and oxygen atoms in total. The maximum atomic E-state index is 12.2. The first kappa shape index (κ1) is 97.3. The van der Waals surface area contributed by atoms with Gasteiger partial charge in [-0.2, -0.15) is 0 Å². The van der Waals surface area contributed by atoms with Crippen LogP contribution in [0.15, 0.2) is 24.3 Å². The standard InChI is InChI=1S/C18H26O4.C15H27NO4.C14H26N2O5.C13H26N2O4.C12H23NO4/c1-13(2)21-11-9-17(19)15-5-7-16(8-6-15)18(20)10-12-22-14(3)4;1-11(2)19-9-7-14(17)13-6-5-8-16(13)15(18)10-20-12(3)4;1-10(2)20-8-14(19)15-7-12(17)5-6-13(18)16-9-21-11(3)4;1-9(2)18-6-5-12(16)11(7-14)15-13(17)8-19-10(3)4;1-9(2)16-6-5-11(14)7-13-12(15)8-17-10(3)4/h5-8,13-14H,9-12H2,1-4H3;11-13H,5-10H2,1-4H3;10-11H,5-9H2,1-4H3,(H,15,19)(H,16,18);9-11H,5-8,14H2,1-4H3,(H,15,17);9-10H,5-8H2,1-4H3,(H,13,15). The summed E-state index contributed by atoms with van der Waals surface area (Å²) in [7, 11) is 0. The number of hydrogen-bond donors (Lipinski definition) is 5. The Labute approximate surface area is 591 Å². The molecular formula is C72H128N6O21. The topological polar surface area (TPSA) is 357 Å². The zero-order chi connectivity index (χ0) is 76.0. The van der Waals surface area contributed by atoms with Crippen molar-refractivity contribution in [1.29, 1.82) is 0 Å². The number of carbonyl (C=O) groups excluding carboxylic acids is 11. The summed E-state index contributed by atoms with van der Waals surface area (Å²) < 4.78 is 52.5. The first-order valence-corrected chi connectivity index (χ1v) is 34.9. The minimum absolute atomic E-state index is 0.00651. The predicted octanol–water partition coefficient (Wildman–Crippen LogP) is 7.00. The summed E-state index contributed by atoms with van der Waals surface area (Å²) in [4.78, 5) is 130. The third kappa shape index (κ3) is 60.6. The third-order valence-electron chi connectivity index (χ3n) is 12.9. The Morgan fingerprint density at radius 3 is 1.15 bits per heavy atom. The van der Waals surface area contributed by atoms with Crippen LogP contribution < -0.4 is 27.0 Å². The van der Waals surface area contributed by atoms with Gasteiger partial charge in [0.05, 0.1) is 119 Å². The fourth-order valence-corrected chi connectivity index (χ4v) is 7.70. The van der Waals surface area contributed by atoms with E-state index in [1.54, 1.807) is 29.2 Å². The lowest BCUT2D eigenvalue weighted by Gasteiger charge is -2.24. The molecule has 0 aliphatic carbocycles. The van der Waals surface area contributed by atoms with E-state index < -0.39 is 6.04 Å². The summed E-state index contributed by atoms with van der Waals surface area (Å²) >= 11 is 0. The predicted molar refractivity (Wildman–Crippen MR) is 378 cm³/mol. The van der Waals surface area contributed by atoms with Gasteiger partial charge in [-0.3, -0.25) is 52.7 Å². The summed E-state index contributed by atoms with van der Waals surface area (Å²) in [5, 5.41) is 10.1. The Kier molecular flexibility index (Phi) is 58.8. The Morgan fingerprint density at radius 2 is 0.758 bits per heavy atom. The molecule has 1 aromatic carbocycles. The Morgan fingerprint density at radius 1 is 0.404 bits per heavy atom. The maximum Gasteiger partial charge on any atom is 0.249 e. The summed E-state index contributed by atoms with van der Waals surface area (Å²) in [6, 6.07) is 5.86. The van der Waals surface area contributed by atoms with Crippen LogP contribution in [-0.4, -0.2) is 235 Å². The molecule has 1 aliphatic rings. The molecule has 2 rings (SSSR count). The van der Waals surface area contributed by atoms with Crippen LogP contribution in [0.1, 0.15) is 217 Å². The van der Waals surface area contributed by atoms with Crippen molar-refractivity contribution in [2.75, 3.05) is 92.4 Å². The second-order valence-electron chi connectivity index (χ2n) is 25.8. The average Bonchev–Trinajstić information content (AvgIpc) is 1.77. The lowest BCUT2D eigenvalue weighted by Crippen LogP contribution is -2.47. The van der Waals surface area contributed by atoms with E-state index in [9.17, 15) is 52.7 Å². The molecule has 5 amide bonds. The number of benzene rings is 1. The van der Waals surface area contributed by atoms with E-state index in [1.807, 2.05) is 138 Å². The van der Waals surface area contributed by atoms with Gasteiger partial charge in [-0.25, -0.2) is 0 Å². The number of rotatable bonds is 48. The first-order chi connectivity index (χ1) is 46.4. The minimum atomic E-state index is -0.668. The van der Waals surface area contributed by atoms with Crippen molar-refractivity contribution in [2.45, 2.75) is 269 Å². The van der Waals surface area contributed by atoms with Crippen LogP contribution in [0, 0.1) is 0 Å². The second kappa shape index (κ2) is 59.8. The second-order valence-corrected chi connectivity index (χ2v) is 25.8. The number of hydrogen-bond acceptors (Lipinski definition) is 22. The number of nitrogens with one attached hydrogen (secondary N) is 4. The van der Waals surface area contributed by atoms with Crippen LogP contribution in [0.5, 0.6) is 0 Å². The van der Waals surface area contributed by atoms with Crippen molar-refractivity contribution >= 4 is 64.2 Å². The van der Waals surface area contributed by atoms with Gasteiger partial charge in [0.25, 0.3) is 0 Å². The van der Waals surface area contributed by atoms with E-state index >= 15 is 0 Å². The highest BCUT2D eigenvalue weighted by Crippen LogP contribution is 2.20. The number of nitrogens with two attached hydrogens (primary N) is 1. The molecule has 0 spiro atoms. The number of carbonyl (C=O) groups is 11. The molecule has 1 saturated heterocycles. The molecule has 1 fully saturated rings. The summed E-state index contributed by atoms with van der Waals surface area (Å²) in [6.07, 6.45) is 4.04. The highest BCUT2D eigenvalue weighted by Gasteiger charge is 2.33. The number of ketones is 6. The Balaban J connectivity index is -0.00000117. The van der Waals surface area contributed by atoms with Crippen molar-refractivity contribution < 1.29 is 100 Å². The fourth-order valence-electron chi connectivity index (χ4n) is 7.70. The highest BCUT2D eigenvalue weighted by atomic mass is 16.5. The van der Waals surface area contributed by atoms with Crippen molar-refractivity contribution in [3.05, 3.63) is 35.4 Å². The molecule has 0 bridgehead atoms. The number of Topliss-reactive ketones (excluding diaryl/α,β-unsaturated/α-hetero) is 6. The van der Waals surface area contributed by atoms with E-state index in [4.69, 9.17) is 53.1 Å². The van der Waals surface area contributed by atoms with Crippen molar-refractivity contribution in [3.63, 3.8) is 0 Å². The van der Waals surface area contributed by atoms with Crippen molar-refractivity contribution in [3.8, 4) is 0 Å². The Bertz CT molecular complexity index is 2370. The molecule has 1 heterocycles. The molecule has 1 aliphatic heterocycles. The zero-order valence-electron chi connectivity index (χ0n) is 63.6. The number of likely N-dealkylation sites (tertiary alicyclic amines) is 1. The normalized spacial score (nSPS) is 13.0. The molecule has 0 saturated carbocycles. The molecule has 0 radical (unpaired) electrons. The maximum absolute atomic E-state index is 12.2. The van der Waals surface area contributed by atoms with Crippen LogP contribution in [0.25, 0.3) is 0 Å². The molecule has 99 heavy (non-hydrogen) atoms. The first-order valence-electron chi connectivity index (χ1n) is 34.9. The minimum Gasteiger partial charge on any atom is -0.378 e. The van der Waals surface area contributed by atoms with Gasteiger partial charge in [-0.15, -0.1) is 0 Å². The summed E-state index contributed by atoms with van der Waals surface area (Å²) in [6.45, 7) is 40.5. The number of ether oxygens (including phenoxy) is 10. The Hall–Kier alpha value is -5.85. The van der Waals surface area contributed by atoms with Gasteiger partial charge in [-0.05, 0) is 151 Å². The summed E-state index contributed by atoms with van der Waals surface area (Å²) in [5.74, 6) is -1.48. The van der Waals surface area contributed by atoms with Gasteiger partial charge in [0.15, 0.2) is 34.7 Å². The molecule has 0 aromatic heterocycles. The molecule has 1 aromatic rings. The van der Waals surface area contributed by atoms with E-state index in [0.717, 1.165) is 12.8 Å². The van der Waals surface area contributed by atoms with Crippen molar-refractivity contribution in [1.82, 2.24) is 26.2 Å². The highest BCUT2D eigenvalue weighted by molar-refractivity contribution is 5.99. The lowest BCUT2D eigenvalue weighted by atomic mass is 10.0. The van der Waals surface area contributed by atoms with Gasteiger partial charge in [-0.1, -0.05) is 24.3 Å². The monoisotopic (exact) mass is 1410 g/mol. The smallest absolute Gasteiger partial charge is 0.249 e. The molecule has 27 heteroatoms. The van der Waals surface area contributed by atoms with E-state index in [2.05, 4.69) is 21.3 Å².